The van der Waals surface area contributed by atoms with Gasteiger partial charge in [-0.3, -0.25) is 4.79 Å². The lowest BCUT2D eigenvalue weighted by molar-refractivity contribution is 0.0928. The third-order valence-electron chi connectivity index (χ3n) is 3.91. The Bertz CT molecular complexity index is 411. The van der Waals surface area contributed by atoms with Gasteiger partial charge in [-0.15, -0.1) is 0 Å². The molecule has 98 valence electrons. The average molecular weight is 246 g/mol. The number of nitrogens with one attached hydrogen (secondary N) is 2. The maximum absolute atomic E-state index is 12.2. The highest BCUT2D eigenvalue weighted by molar-refractivity contribution is 5.99. The average Bonchev–Trinajstić information content (AvgIpc) is 2.92. The van der Waals surface area contributed by atoms with Gasteiger partial charge in [-0.1, -0.05) is 25.0 Å². The molecule has 0 saturated heterocycles. The van der Waals surface area contributed by atoms with Crippen molar-refractivity contribution in [3.63, 3.8) is 0 Å². The number of hydrogen-bond donors (Lipinski definition) is 2. The zero-order valence-corrected chi connectivity index (χ0v) is 11.2. The highest BCUT2D eigenvalue weighted by atomic mass is 16.1. The van der Waals surface area contributed by atoms with Gasteiger partial charge < -0.3 is 10.6 Å². The highest BCUT2D eigenvalue weighted by Gasteiger charge is 2.23. The molecule has 1 aromatic rings. The lowest BCUT2D eigenvalue weighted by Crippen LogP contribution is -2.37. The van der Waals surface area contributed by atoms with E-state index in [0.717, 1.165) is 11.3 Å². The van der Waals surface area contributed by atoms with E-state index in [2.05, 4.69) is 17.6 Å². The lowest BCUT2D eigenvalue weighted by Gasteiger charge is -2.21. The van der Waals surface area contributed by atoms with E-state index in [0.29, 0.717) is 5.92 Å². The van der Waals surface area contributed by atoms with E-state index in [-0.39, 0.29) is 11.9 Å². The van der Waals surface area contributed by atoms with E-state index >= 15 is 0 Å². The smallest absolute Gasteiger partial charge is 0.253 e. The summed E-state index contributed by atoms with van der Waals surface area (Å²) in [6.45, 7) is 2.12. The van der Waals surface area contributed by atoms with Crippen molar-refractivity contribution in [3.05, 3.63) is 29.8 Å². The summed E-state index contributed by atoms with van der Waals surface area (Å²) in [6, 6.07) is 7.89. The largest absolute Gasteiger partial charge is 0.387 e. The topological polar surface area (TPSA) is 41.1 Å². The van der Waals surface area contributed by atoms with Crippen LogP contribution in [0.1, 0.15) is 43.0 Å². The van der Waals surface area contributed by atoms with Crippen LogP contribution in [-0.2, 0) is 0 Å². The van der Waals surface area contributed by atoms with Crippen molar-refractivity contribution in [2.75, 3.05) is 12.4 Å². The molecule has 0 bridgehead atoms. The summed E-state index contributed by atoms with van der Waals surface area (Å²) < 4.78 is 0. The van der Waals surface area contributed by atoms with Crippen LogP contribution in [0, 0.1) is 5.92 Å². The Labute approximate surface area is 109 Å². The molecule has 0 radical (unpaired) electrons. The van der Waals surface area contributed by atoms with Crippen molar-refractivity contribution in [2.24, 2.45) is 5.92 Å². The SMILES string of the molecule is CNc1ccccc1C(=O)N[C@H](C)C1CCCC1. The minimum atomic E-state index is 0.0272. The first-order valence-corrected chi connectivity index (χ1v) is 6.80. The van der Waals surface area contributed by atoms with Gasteiger partial charge in [0.25, 0.3) is 5.91 Å². The molecule has 2 N–H and O–H groups in total. The van der Waals surface area contributed by atoms with Gasteiger partial charge in [-0.25, -0.2) is 0 Å². The Balaban J connectivity index is 2.02. The molecule has 3 nitrogen and oxygen atoms in total. The van der Waals surface area contributed by atoms with Gasteiger partial charge in [0.1, 0.15) is 0 Å². The standard InChI is InChI=1S/C15H22N2O/c1-11(12-7-3-4-8-12)17-15(18)13-9-5-6-10-14(13)16-2/h5-6,9-12,16H,3-4,7-8H2,1-2H3,(H,17,18)/t11-/m1/s1. The van der Waals surface area contributed by atoms with E-state index in [1.807, 2.05) is 31.3 Å². The summed E-state index contributed by atoms with van der Waals surface area (Å²) in [5.74, 6) is 0.676. The molecule has 18 heavy (non-hydrogen) atoms. The van der Waals surface area contributed by atoms with E-state index in [4.69, 9.17) is 0 Å². The third-order valence-corrected chi connectivity index (χ3v) is 3.91. The number of amides is 1. The lowest BCUT2D eigenvalue weighted by atomic mass is 9.99. The molecule has 0 aliphatic heterocycles. The van der Waals surface area contributed by atoms with Crippen molar-refractivity contribution in [3.8, 4) is 0 Å². The second-order valence-electron chi connectivity index (χ2n) is 5.10. The molecular formula is C15H22N2O. The first-order valence-electron chi connectivity index (χ1n) is 6.80. The van der Waals surface area contributed by atoms with Crippen LogP contribution in [-0.4, -0.2) is 19.0 Å². The van der Waals surface area contributed by atoms with Crippen LogP contribution < -0.4 is 10.6 Å². The number of rotatable bonds is 4. The molecular weight excluding hydrogens is 224 g/mol. The fraction of sp³-hybridized carbons (Fsp3) is 0.533. The molecule has 1 aliphatic carbocycles. The Morgan fingerprint density at radius 3 is 2.61 bits per heavy atom. The number of carbonyl (C=O) groups excluding carboxylic acids is 1. The van der Waals surface area contributed by atoms with Crippen LogP contribution >= 0.6 is 0 Å². The Morgan fingerprint density at radius 2 is 1.94 bits per heavy atom. The summed E-state index contributed by atoms with van der Waals surface area (Å²) in [4.78, 5) is 12.2. The third kappa shape index (κ3) is 2.84. The van der Waals surface area contributed by atoms with Crippen LogP contribution in [0.2, 0.25) is 0 Å². The second-order valence-corrected chi connectivity index (χ2v) is 5.10. The Morgan fingerprint density at radius 1 is 1.28 bits per heavy atom. The summed E-state index contributed by atoms with van der Waals surface area (Å²) >= 11 is 0. The number of carbonyl (C=O) groups is 1. The maximum atomic E-state index is 12.2. The number of hydrogen-bond acceptors (Lipinski definition) is 2. The van der Waals surface area contributed by atoms with Crippen molar-refractivity contribution in [2.45, 2.75) is 38.6 Å². The molecule has 1 fully saturated rings. The number of para-hydroxylation sites is 1. The van der Waals surface area contributed by atoms with Gasteiger partial charge in [0.15, 0.2) is 0 Å². The zero-order chi connectivity index (χ0) is 13.0. The van der Waals surface area contributed by atoms with Crippen LogP contribution in [0.4, 0.5) is 5.69 Å². The predicted molar refractivity (Wildman–Crippen MR) is 74.9 cm³/mol. The predicted octanol–water partition coefficient (Wildman–Crippen LogP) is 3.04. The van der Waals surface area contributed by atoms with Crippen molar-refractivity contribution in [1.82, 2.24) is 5.32 Å². The van der Waals surface area contributed by atoms with Gasteiger partial charge in [0.2, 0.25) is 0 Å². The van der Waals surface area contributed by atoms with Gasteiger partial charge in [0, 0.05) is 18.8 Å². The van der Waals surface area contributed by atoms with Crippen molar-refractivity contribution >= 4 is 11.6 Å². The van der Waals surface area contributed by atoms with Crippen molar-refractivity contribution < 1.29 is 4.79 Å². The number of anilines is 1. The minimum absolute atomic E-state index is 0.0272. The van der Waals surface area contributed by atoms with E-state index in [9.17, 15) is 4.79 Å². The Hall–Kier alpha value is -1.51. The molecule has 1 aromatic carbocycles. The second kappa shape index (κ2) is 5.89. The van der Waals surface area contributed by atoms with E-state index in [1.54, 1.807) is 0 Å². The fourth-order valence-corrected chi connectivity index (χ4v) is 2.76. The Kier molecular flexibility index (Phi) is 4.24. The molecule has 1 saturated carbocycles. The van der Waals surface area contributed by atoms with Crippen LogP contribution in [0.15, 0.2) is 24.3 Å². The van der Waals surface area contributed by atoms with Gasteiger partial charge in [-0.05, 0) is 37.8 Å². The molecule has 1 aliphatic rings. The van der Waals surface area contributed by atoms with E-state index in [1.165, 1.54) is 25.7 Å². The molecule has 3 heteroatoms. The summed E-state index contributed by atoms with van der Waals surface area (Å²) in [7, 11) is 1.84. The van der Waals surface area contributed by atoms with Crippen molar-refractivity contribution in [1.29, 1.82) is 0 Å². The van der Waals surface area contributed by atoms with Crippen LogP contribution in [0.5, 0.6) is 0 Å². The van der Waals surface area contributed by atoms with Crippen LogP contribution in [0.25, 0.3) is 0 Å². The minimum Gasteiger partial charge on any atom is -0.387 e. The summed E-state index contributed by atoms with van der Waals surface area (Å²) in [5, 5.41) is 6.19. The highest BCUT2D eigenvalue weighted by Crippen LogP contribution is 2.27. The molecule has 0 spiro atoms. The molecule has 1 atom stereocenters. The van der Waals surface area contributed by atoms with Gasteiger partial charge in [-0.2, -0.15) is 0 Å². The fourth-order valence-electron chi connectivity index (χ4n) is 2.76. The maximum Gasteiger partial charge on any atom is 0.253 e. The zero-order valence-electron chi connectivity index (χ0n) is 11.2. The first-order chi connectivity index (χ1) is 8.72. The molecule has 1 amide bonds. The molecule has 2 rings (SSSR count). The first kappa shape index (κ1) is 12.9. The number of benzene rings is 1. The summed E-state index contributed by atoms with van der Waals surface area (Å²) in [6.07, 6.45) is 5.10. The molecule has 0 heterocycles. The summed E-state index contributed by atoms with van der Waals surface area (Å²) in [5.41, 5.74) is 1.61. The molecule has 0 aromatic heterocycles. The van der Waals surface area contributed by atoms with E-state index < -0.39 is 0 Å². The van der Waals surface area contributed by atoms with Gasteiger partial charge >= 0.3 is 0 Å². The van der Waals surface area contributed by atoms with Crippen LogP contribution in [0.3, 0.4) is 0 Å². The normalized spacial score (nSPS) is 17.4. The quantitative estimate of drug-likeness (QED) is 0.857. The van der Waals surface area contributed by atoms with Gasteiger partial charge in [0.05, 0.1) is 5.56 Å². The monoisotopic (exact) mass is 246 g/mol. The molecule has 0 unspecified atom stereocenters.